The molecule has 0 heterocycles. The van der Waals surface area contributed by atoms with E-state index in [1.807, 2.05) is 13.8 Å². The van der Waals surface area contributed by atoms with E-state index in [1.165, 1.54) is 0 Å². The Labute approximate surface area is 121 Å². The second kappa shape index (κ2) is 9.58. The summed E-state index contributed by atoms with van der Waals surface area (Å²) in [5.41, 5.74) is -1.18. The van der Waals surface area contributed by atoms with E-state index in [0.29, 0.717) is 26.0 Å². The first kappa shape index (κ1) is 18.7. The number of amides is 2. The number of carboxylic acid groups (broad SMARTS) is 1. The molecule has 20 heavy (non-hydrogen) atoms. The lowest BCUT2D eigenvalue weighted by Gasteiger charge is -2.28. The molecule has 0 bridgehead atoms. The number of ether oxygens (including phenoxy) is 1. The van der Waals surface area contributed by atoms with E-state index >= 15 is 0 Å². The van der Waals surface area contributed by atoms with E-state index in [-0.39, 0.29) is 6.10 Å². The van der Waals surface area contributed by atoms with Crippen LogP contribution in [0.2, 0.25) is 0 Å². The zero-order valence-electron chi connectivity index (χ0n) is 13.0. The van der Waals surface area contributed by atoms with Gasteiger partial charge in [-0.05, 0) is 39.5 Å². The Morgan fingerprint density at radius 1 is 1.20 bits per heavy atom. The summed E-state index contributed by atoms with van der Waals surface area (Å²) >= 11 is 0. The molecule has 2 amide bonds. The predicted octanol–water partition coefficient (Wildman–Crippen LogP) is 2.13. The van der Waals surface area contributed by atoms with Crippen molar-refractivity contribution < 1.29 is 19.4 Å². The third-order valence-corrected chi connectivity index (χ3v) is 3.28. The van der Waals surface area contributed by atoms with Crippen molar-refractivity contribution in [2.45, 2.75) is 65.0 Å². The number of unbranched alkanes of at least 4 members (excludes halogenated alkanes) is 1. The zero-order valence-corrected chi connectivity index (χ0v) is 13.0. The van der Waals surface area contributed by atoms with Crippen molar-refractivity contribution >= 4 is 12.0 Å². The van der Waals surface area contributed by atoms with Gasteiger partial charge in [0.15, 0.2) is 0 Å². The summed E-state index contributed by atoms with van der Waals surface area (Å²) < 4.78 is 5.39. The van der Waals surface area contributed by atoms with E-state index in [1.54, 1.807) is 13.8 Å². The van der Waals surface area contributed by atoms with Crippen molar-refractivity contribution in [1.82, 2.24) is 10.6 Å². The monoisotopic (exact) mass is 288 g/mol. The molecule has 0 aliphatic rings. The van der Waals surface area contributed by atoms with Gasteiger partial charge in [-0.25, -0.2) is 9.59 Å². The van der Waals surface area contributed by atoms with E-state index in [4.69, 9.17) is 4.74 Å². The van der Waals surface area contributed by atoms with Gasteiger partial charge in [-0.1, -0.05) is 13.8 Å². The highest BCUT2D eigenvalue weighted by Gasteiger charge is 2.36. The third-order valence-electron chi connectivity index (χ3n) is 3.28. The number of hydrogen-bond donors (Lipinski definition) is 3. The summed E-state index contributed by atoms with van der Waals surface area (Å²) in [4.78, 5) is 22.9. The lowest BCUT2D eigenvalue weighted by atomic mass is 9.93. The first-order valence-electron chi connectivity index (χ1n) is 7.29. The van der Waals surface area contributed by atoms with Gasteiger partial charge in [0.05, 0.1) is 6.10 Å². The minimum absolute atomic E-state index is 0.219. The van der Waals surface area contributed by atoms with Crippen LogP contribution in [-0.2, 0) is 9.53 Å². The van der Waals surface area contributed by atoms with Gasteiger partial charge in [0.1, 0.15) is 5.54 Å². The van der Waals surface area contributed by atoms with Crippen LogP contribution in [0.3, 0.4) is 0 Å². The Morgan fingerprint density at radius 2 is 1.80 bits per heavy atom. The summed E-state index contributed by atoms with van der Waals surface area (Å²) in [5.74, 6) is -0.997. The van der Waals surface area contributed by atoms with Crippen molar-refractivity contribution in [3.05, 3.63) is 0 Å². The Bertz CT molecular complexity index is 302. The molecule has 118 valence electrons. The molecule has 6 nitrogen and oxygen atoms in total. The molecule has 0 aromatic heterocycles. The summed E-state index contributed by atoms with van der Waals surface area (Å²) in [6, 6.07) is -0.430. The molecule has 0 aliphatic heterocycles. The molecule has 0 aromatic carbocycles. The number of hydrogen-bond acceptors (Lipinski definition) is 3. The van der Waals surface area contributed by atoms with Gasteiger partial charge in [0.2, 0.25) is 0 Å². The maximum Gasteiger partial charge on any atom is 0.329 e. The van der Waals surface area contributed by atoms with Crippen molar-refractivity contribution in [3.63, 3.8) is 0 Å². The van der Waals surface area contributed by atoms with Gasteiger partial charge in [0, 0.05) is 13.2 Å². The Hall–Kier alpha value is -1.30. The smallest absolute Gasteiger partial charge is 0.329 e. The molecule has 0 radical (unpaired) electrons. The SMILES string of the molecule is CCC(CC)(NC(=O)NCCCCOC(C)C)C(=O)O. The van der Waals surface area contributed by atoms with Crippen LogP contribution < -0.4 is 10.6 Å². The molecule has 0 saturated heterocycles. The highest BCUT2D eigenvalue weighted by atomic mass is 16.5. The number of carboxylic acids is 1. The number of carbonyl (C=O) groups is 2. The first-order chi connectivity index (χ1) is 9.38. The highest BCUT2D eigenvalue weighted by Crippen LogP contribution is 2.15. The number of nitrogens with one attached hydrogen (secondary N) is 2. The molecule has 0 fully saturated rings. The fourth-order valence-corrected chi connectivity index (χ4v) is 1.79. The fourth-order valence-electron chi connectivity index (χ4n) is 1.79. The van der Waals surface area contributed by atoms with Crippen LogP contribution >= 0.6 is 0 Å². The molecule has 0 rings (SSSR count). The summed E-state index contributed by atoms with van der Waals surface area (Å²) in [5, 5.41) is 14.4. The highest BCUT2D eigenvalue weighted by molar-refractivity contribution is 5.86. The van der Waals surface area contributed by atoms with Crippen LogP contribution in [0.15, 0.2) is 0 Å². The molecular formula is C14H28N2O4. The van der Waals surface area contributed by atoms with Gasteiger partial charge in [0.25, 0.3) is 0 Å². The van der Waals surface area contributed by atoms with Crippen LogP contribution in [-0.4, -0.2) is 41.9 Å². The number of carbonyl (C=O) groups excluding carboxylic acids is 1. The molecule has 0 spiro atoms. The minimum atomic E-state index is -1.18. The topological polar surface area (TPSA) is 87.7 Å². The van der Waals surface area contributed by atoms with E-state index in [2.05, 4.69) is 10.6 Å². The van der Waals surface area contributed by atoms with Crippen molar-refractivity contribution in [2.24, 2.45) is 0 Å². The third kappa shape index (κ3) is 6.75. The number of aliphatic carboxylic acids is 1. The molecule has 0 atom stereocenters. The Balaban J connectivity index is 3.95. The fraction of sp³-hybridized carbons (Fsp3) is 0.857. The van der Waals surface area contributed by atoms with E-state index in [9.17, 15) is 14.7 Å². The lowest BCUT2D eigenvalue weighted by molar-refractivity contribution is -0.144. The van der Waals surface area contributed by atoms with Gasteiger partial charge in [-0.15, -0.1) is 0 Å². The zero-order chi connectivity index (χ0) is 15.6. The first-order valence-corrected chi connectivity index (χ1v) is 7.29. The number of rotatable bonds is 10. The molecule has 0 aromatic rings. The van der Waals surface area contributed by atoms with Crippen LogP contribution in [0.5, 0.6) is 0 Å². The predicted molar refractivity (Wildman–Crippen MR) is 77.8 cm³/mol. The Kier molecular flexibility index (Phi) is 8.96. The quantitative estimate of drug-likeness (QED) is 0.537. The molecule has 0 unspecified atom stereocenters. The largest absolute Gasteiger partial charge is 0.480 e. The van der Waals surface area contributed by atoms with Crippen molar-refractivity contribution in [1.29, 1.82) is 0 Å². The van der Waals surface area contributed by atoms with Crippen LogP contribution in [0.1, 0.15) is 53.4 Å². The maximum atomic E-state index is 11.7. The second-order valence-corrected chi connectivity index (χ2v) is 5.10. The molecule has 0 saturated carbocycles. The van der Waals surface area contributed by atoms with E-state index in [0.717, 1.165) is 12.8 Å². The van der Waals surface area contributed by atoms with Gasteiger partial charge in [-0.2, -0.15) is 0 Å². The molecular weight excluding hydrogens is 260 g/mol. The standard InChI is InChI=1S/C14H28N2O4/c1-5-14(6-2,12(17)18)16-13(19)15-9-7-8-10-20-11(3)4/h11H,5-10H2,1-4H3,(H,17,18)(H2,15,16,19). The Morgan fingerprint density at radius 3 is 2.25 bits per heavy atom. The van der Waals surface area contributed by atoms with E-state index < -0.39 is 17.5 Å². The van der Waals surface area contributed by atoms with Crippen LogP contribution in [0.4, 0.5) is 4.79 Å². The maximum absolute atomic E-state index is 11.7. The van der Waals surface area contributed by atoms with Crippen molar-refractivity contribution in [2.75, 3.05) is 13.2 Å². The average Bonchev–Trinajstić information content (AvgIpc) is 2.39. The van der Waals surface area contributed by atoms with Crippen LogP contribution in [0.25, 0.3) is 0 Å². The lowest BCUT2D eigenvalue weighted by Crippen LogP contribution is -2.56. The second-order valence-electron chi connectivity index (χ2n) is 5.10. The summed E-state index contributed by atoms with van der Waals surface area (Å²) in [6.07, 6.45) is 2.60. The summed E-state index contributed by atoms with van der Waals surface area (Å²) in [7, 11) is 0. The number of urea groups is 1. The van der Waals surface area contributed by atoms with Crippen LogP contribution in [0, 0.1) is 0 Å². The molecule has 0 aliphatic carbocycles. The minimum Gasteiger partial charge on any atom is -0.480 e. The normalized spacial score (nSPS) is 11.4. The molecule has 3 N–H and O–H groups in total. The van der Waals surface area contributed by atoms with Gasteiger partial charge in [-0.3, -0.25) is 0 Å². The van der Waals surface area contributed by atoms with Gasteiger partial charge < -0.3 is 20.5 Å². The molecule has 6 heteroatoms. The van der Waals surface area contributed by atoms with Gasteiger partial charge >= 0.3 is 12.0 Å². The van der Waals surface area contributed by atoms with Crippen molar-refractivity contribution in [3.8, 4) is 0 Å². The summed E-state index contributed by atoms with van der Waals surface area (Å²) in [6.45, 7) is 8.64. The average molecular weight is 288 g/mol.